The molecule has 0 amide bonds. The average Bonchev–Trinajstić information content (AvgIpc) is 2.39. The van der Waals surface area contributed by atoms with Crippen LogP contribution in [-0.4, -0.2) is 38.5 Å². The van der Waals surface area contributed by atoms with E-state index in [4.69, 9.17) is 5.11 Å². The number of aliphatic hydroxyl groups excluding tert-OH is 1. The molecule has 0 radical (unpaired) electrons. The fourth-order valence-electron chi connectivity index (χ4n) is 1.47. The minimum absolute atomic E-state index is 0.0500. The second-order valence-corrected chi connectivity index (χ2v) is 6.44. The van der Waals surface area contributed by atoms with Gasteiger partial charge in [-0.2, -0.15) is 17.4 Å². The Morgan fingerprint density at radius 3 is 2.40 bits per heavy atom. The van der Waals surface area contributed by atoms with E-state index in [1.165, 1.54) is 14.1 Å². The number of hydrogen-bond acceptors (Lipinski definition) is 3. The van der Waals surface area contributed by atoms with Crippen molar-refractivity contribution in [3.05, 3.63) is 35.4 Å². The van der Waals surface area contributed by atoms with Crippen LogP contribution in [0.1, 0.15) is 30.5 Å². The molecule has 110 valence electrons. The van der Waals surface area contributed by atoms with E-state index in [0.717, 1.165) is 15.4 Å². The number of nitrogens with zero attached hydrogens (tertiary/aromatic N) is 1. The van der Waals surface area contributed by atoms with Crippen LogP contribution in [0.5, 0.6) is 0 Å². The van der Waals surface area contributed by atoms with Crippen molar-refractivity contribution < 1.29 is 13.5 Å². The van der Waals surface area contributed by atoms with E-state index in [2.05, 4.69) is 16.6 Å². The van der Waals surface area contributed by atoms with Crippen LogP contribution < -0.4 is 4.72 Å². The summed E-state index contributed by atoms with van der Waals surface area (Å²) in [6.45, 7) is 1.84. The van der Waals surface area contributed by atoms with Crippen LogP contribution in [0.4, 0.5) is 0 Å². The fraction of sp³-hybridized carbons (Fsp3) is 0.429. The molecule has 2 N–H and O–H groups in total. The highest BCUT2D eigenvalue weighted by Crippen LogP contribution is 2.14. The second kappa shape index (κ2) is 7.41. The van der Waals surface area contributed by atoms with Gasteiger partial charge in [-0.15, -0.1) is 0 Å². The van der Waals surface area contributed by atoms with Gasteiger partial charge in [-0.3, -0.25) is 0 Å². The summed E-state index contributed by atoms with van der Waals surface area (Å²) >= 11 is 0. The summed E-state index contributed by atoms with van der Waals surface area (Å²) in [7, 11) is -0.484. The summed E-state index contributed by atoms with van der Waals surface area (Å²) in [5.41, 5.74) is 1.70. The molecule has 0 aliphatic rings. The lowest BCUT2D eigenvalue weighted by atomic mass is 10.1. The Kier molecular flexibility index (Phi) is 6.17. The molecule has 1 aromatic carbocycles. The maximum absolute atomic E-state index is 11.7. The average molecular weight is 296 g/mol. The number of nitrogens with one attached hydrogen (secondary N) is 1. The number of aliphatic hydroxyl groups is 1. The summed E-state index contributed by atoms with van der Waals surface area (Å²) in [4.78, 5) is 0. The molecular formula is C14H20N2O3S. The Morgan fingerprint density at radius 2 is 1.90 bits per heavy atom. The molecule has 1 atom stereocenters. The third-order valence-electron chi connectivity index (χ3n) is 2.69. The van der Waals surface area contributed by atoms with Crippen molar-refractivity contribution in [3.63, 3.8) is 0 Å². The Hall–Kier alpha value is -1.39. The van der Waals surface area contributed by atoms with Gasteiger partial charge in [0.2, 0.25) is 0 Å². The van der Waals surface area contributed by atoms with E-state index >= 15 is 0 Å². The van der Waals surface area contributed by atoms with Gasteiger partial charge in [-0.1, -0.05) is 24.0 Å². The largest absolute Gasteiger partial charge is 0.395 e. The van der Waals surface area contributed by atoms with Gasteiger partial charge in [0.1, 0.15) is 0 Å². The lowest BCUT2D eigenvalue weighted by molar-refractivity contribution is 0.305. The molecule has 20 heavy (non-hydrogen) atoms. The summed E-state index contributed by atoms with van der Waals surface area (Å²) in [6.07, 6.45) is 0.445. The monoisotopic (exact) mass is 296 g/mol. The van der Waals surface area contributed by atoms with Crippen LogP contribution in [0.3, 0.4) is 0 Å². The van der Waals surface area contributed by atoms with Gasteiger partial charge in [-0.25, -0.2) is 0 Å². The lowest BCUT2D eigenvalue weighted by Crippen LogP contribution is -2.37. The summed E-state index contributed by atoms with van der Waals surface area (Å²) in [5.74, 6) is 5.76. The van der Waals surface area contributed by atoms with Crippen molar-refractivity contribution in [2.75, 3.05) is 20.7 Å². The summed E-state index contributed by atoms with van der Waals surface area (Å²) in [6, 6.07) is 7.03. The molecule has 0 aliphatic carbocycles. The van der Waals surface area contributed by atoms with E-state index in [9.17, 15) is 8.42 Å². The first-order valence-electron chi connectivity index (χ1n) is 6.26. The van der Waals surface area contributed by atoms with Crippen molar-refractivity contribution in [1.29, 1.82) is 0 Å². The second-order valence-electron chi connectivity index (χ2n) is 4.52. The van der Waals surface area contributed by atoms with Crippen LogP contribution in [0.25, 0.3) is 0 Å². The molecule has 0 aromatic heterocycles. The van der Waals surface area contributed by atoms with Crippen LogP contribution >= 0.6 is 0 Å². The van der Waals surface area contributed by atoms with Crippen LogP contribution in [0, 0.1) is 11.8 Å². The van der Waals surface area contributed by atoms with Gasteiger partial charge in [0.25, 0.3) is 10.2 Å². The molecule has 1 unspecified atom stereocenters. The van der Waals surface area contributed by atoms with Gasteiger partial charge in [0, 0.05) is 32.1 Å². The van der Waals surface area contributed by atoms with Crippen molar-refractivity contribution in [3.8, 4) is 11.8 Å². The molecule has 1 aromatic rings. The zero-order chi connectivity index (χ0) is 15.2. The van der Waals surface area contributed by atoms with E-state index in [-0.39, 0.29) is 12.6 Å². The third kappa shape index (κ3) is 4.94. The first-order valence-corrected chi connectivity index (χ1v) is 7.70. The Bertz CT molecular complexity index is 583. The third-order valence-corrected chi connectivity index (χ3v) is 4.30. The minimum Gasteiger partial charge on any atom is -0.395 e. The summed E-state index contributed by atoms with van der Waals surface area (Å²) in [5, 5.41) is 8.64. The topological polar surface area (TPSA) is 69.6 Å². The molecule has 0 heterocycles. The van der Waals surface area contributed by atoms with Gasteiger partial charge in [0.05, 0.1) is 6.61 Å². The normalized spacial score (nSPS) is 12.8. The zero-order valence-electron chi connectivity index (χ0n) is 11.9. The number of rotatable bonds is 5. The van der Waals surface area contributed by atoms with Gasteiger partial charge < -0.3 is 5.11 Å². The molecule has 0 aliphatic heterocycles. The molecule has 0 bridgehead atoms. The minimum atomic E-state index is -3.45. The molecule has 0 saturated heterocycles. The molecule has 0 spiro atoms. The summed E-state index contributed by atoms with van der Waals surface area (Å²) < 4.78 is 27.2. The maximum atomic E-state index is 11.7. The Labute approximate surface area is 120 Å². The van der Waals surface area contributed by atoms with E-state index < -0.39 is 10.2 Å². The molecule has 0 fully saturated rings. The van der Waals surface area contributed by atoms with Crippen molar-refractivity contribution in [2.24, 2.45) is 0 Å². The predicted octanol–water partition coefficient (Wildman–Crippen LogP) is 0.877. The van der Waals surface area contributed by atoms with E-state index in [0.29, 0.717) is 6.42 Å². The predicted molar refractivity (Wildman–Crippen MR) is 79.2 cm³/mol. The number of hydrogen-bond donors (Lipinski definition) is 2. The van der Waals surface area contributed by atoms with Gasteiger partial charge in [-0.05, 0) is 24.6 Å². The smallest absolute Gasteiger partial charge is 0.279 e. The molecule has 1 rings (SSSR count). The van der Waals surface area contributed by atoms with Gasteiger partial charge in [0.15, 0.2) is 0 Å². The van der Waals surface area contributed by atoms with Crippen molar-refractivity contribution >= 4 is 10.2 Å². The van der Waals surface area contributed by atoms with E-state index in [1.54, 1.807) is 6.92 Å². The van der Waals surface area contributed by atoms with Crippen LogP contribution in [0.15, 0.2) is 24.3 Å². The molecular weight excluding hydrogens is 276 g/mol. The number of benzene rings is 1. The quantitative estimate of drug-likeness (QED) is 0.792. The first-order chi connectivity index (χ1) is 9.36. The Balaban J connectivity index is 2.77. The highest BCUT2D eigenvalue weighted by molar-refractivity contribution is 7.87. The van der Waals surface area contributed by atoms with E-state index in [1.807, 2.05) is 24.3 Å². The zero-order valence-corrected chi connectivity index (χ0v) is 12.7. The van der Waals surface area contributed by atoms with Crippen LogP contribution in [0.2, 0.25) is 0 Å². The highest BCUT2D eigenvalue weighted by atomic mass is 32.2. The van der Waals surface area contributed by atoms with Gasteiger partial charge >= 0.3 is 0 Å². The maximum Gasteiger partial charge on any atom is 0.279 e. The fourth-order valence-corrected chi connectivity index (χ4v) is 2.27. The standard InChI is InChI=1S/C14H20N2O3S/c1-12(15-20(18,19)16(2)3)14-9-7-13(8-10-14)6-4-5-11-17/h7-10,12,15,17H,5,11H2,1-3H3. The molecule has 6 heteroatoms. The Morgan fingerprint density at radius 1 is 1.30 bits per heavy atom. The molecule has 0 saturated carbocycles. The van der Waals surface area contributed by atoms with Crippen LogP contribution in [-0.2, 0) is 10.2 Å². The molecule has 5 nitrogen and oxygen atoms in total. The first kappa shape index (κ1) is 16.7. The van der Waals surface area contributed by atoms with Crippen molar-refractivity contribution in [2.45, 2.75) is 19.4 Å². The highest BCUT2D eigenvalue weighted by Gasteiger charge is 2.17. The lowest BCUT2D eigenvalue weighted by Gasteiger charge is -2.18. The SMILES string of the molecule is CC(NS(=O)(=O)N(C)C)c1ccc(C#CCCO)cc1. The van der Waals surface area contributed by atoms with Crippen molar-refractivity contribution in [1.82, 2.24) is 9.03 Å².